The number of hydrogen-bond donors (Lipinski definition) is 2. The van der Waals surface area contributed by atoms with Crippen LogP contribution in [0.1, 0.15) is 32.0 Å². The van der Waals surface area contributed by atoms with Gasteiger partial charge in [-0.1, -0.05) is 6.07 Å². The Morgan fingerprint density at radius 3 is 2.60 bits per heavy atom. The molecule has 3 heterocycles. The summed E-state index contributed by atoms with van der Waals surface area (Å²) in [5.74, 6) is 0.904. The zero-order valence-electron chi connectivity index (χ0n) is 20.0. The summed E-state index contributed by atoms with van der Waals surface area (Å²) in [7, 11) is 0. The van der Waals surface area contributed by atoms with Gasteiger partial charge in [0.05, 0.1) is 41.8 Å². The lowest BCUT2D eigenvalue weighted by atomic mass is 10.1. The molecule has 3 aromatic heterocycles. The number of hydrogen-bond acceptors (Lipinski definition) is 9. The van der Waals surface area contributed by atoms with Crippen molar-refractivity contribution in [1.29, 1.82) is 5.26 Å². The second-order valence-corrected chi connectivity index (χ2v) is 8.90. The van der Waals surface area contributed by atoms with Crippen LogP contribution in [-0.4, -0.2) is 51.3 Å². The predicted octanol–water partition coefficient (Wildman–Crippen LogP) is 3.09. The lowest BCUT2D eigenvalue weighted by molar-refractivity contribution is 0.0571. The fourth-order valence-corrected chi connectivity index (χ4v) is 3.49. The van der Waals surface area contributed by atoms with Crippen LogP contribution in [0.3, 0.4) is 0 Å². The minimum atomic E-state index is -0.871. The Morgan fingerprint density at radius 1 is 1.17 bits per heavy atom. The molecule has 0 saturated heterocycles. The van der Waals surface area contributed by atoms with Gasteiger partial charge in [-0.05, 0) is 45.4 Å². The van der Waals surface area contributed by atoms with Gasteiger partial charge >= 0.3 is 0 Å². The third kappa shape index (κ3) is 5.99. The Morgan fingerprint density at radius 2 is 1.94 bits per heavy atom. The molecular formula is C24H27N9O2. The zero-order valence-corrected chi connectivity index (χ0v) is 20.0. The first-order valence-electron chi connectivity index (χ1n) is 11.1. The highest BCUT2D eigenvalue weighted by Gasteiger charge is 2.17. The van der Waals surface area contributed by atoms with Crippen molar-refractivity contribution in [2.75, 3.05) is 5.32 Å². The average Bonchev–Trinajstić information content (AvgIpc) is 3.44. The van der Waals surface area contributed by atoms with E-state index in [9.17, 15) is 10.4 Å². The van der Waals surface area contributed by atoms with Gasteiger partial charge in [0.2, 0.25) is 5.95 Å². The minimum absolute atomic E-state index is 0.220. The van der Waals surface area contributed by atoms with Gasteiger partial charge in [0.25, 0.3) is 0 Å². The number of nitrogens with zero attached hydrogens (tertiary/aromatic N) is 8. The summed E-state index contributed by atoms with van der Waals surface area (Å²) in [4.78, 5) is 12.8. The van der Waals surface area contributed by atoms with Crippen molar-refractivity contribution in [1.82, 2.24) is 34.5 Å². The van der Waals surface area contributed by atoms with Crippen molar-refractivity contribution in [2.45, 2.75) is 52.5 Å². The molecule has 0 saturated carbocycles. The smallest absolute Gasteiger partial charge is 0.227 e. The Labute approximate surface area is 203 Å². The van der Waals surface area contributed by atoms with E-state index in [4.69, 9.17) is 4.74 Å². The summed E-state index contributed by atoms with van der Waals surface area (Å²) < 4.78 is 9.44. The van der Waals surface area contributed by atoms with Crippen LogP contribution in [0.5, 0.6) is 5.75 Å². The van der Waals surface area contributed by atoms with E-state index in [2.05, 4.69) is 36.5 Å². The van der Waals surface area contributed by atoms with Crippen molar-refractivity contribution >= 4 is 11.6 Å². The first-order chi connectivity index (χ1) is 16.7. The van der Waals surface area contributed by atoms with Crippen LogP contribution in [0, 0.1) is 18.3 Å². The van der Waals surface area contributed by atoms with Crippen molar-refractivity contribution in [2.24, 2.45) is 0 Å². The van der Waals surface area contributed by atoms with Crippen LogP contribution in [0.25, 0.3) is 11.1 Å². The van der Waals surface area contributed by atoms with Crippen LogP contribution in [0.2, 0.25) is 0 Å². The average molecular weight is 474 g/mol. The molecule has 2 N–H and O–H groups in total. The van der Waals surface area contributed by atoms with E-state index in [-0.39, 0.29) is 6.10 Å². The molecule has 35 heavy (non-hydrogen) atoms. The summed E-state index contributed by atoms with van der Waals surface area (Å²) in [6, 6.07) is 7.54. The van der Waals surface area contributed by atoms with Crippen molar-refractivity contribution in [3.05, 3.63) is 60.7 Å². The molecule has 0 fully saturated rings. The highest BCUT2D eigenvalue weighted by molar-refractivity contribution is 5.67. The maximum atomic E-state index is 10.1. The first kappa shape index (κ1) is 23.8. The fourth-order valence-electron chi connectivity index (χ4n) is 3.49. The Balaban J connectivity index is 1.48. The molecule has 1 atom stereocenters. The number of nitriles is 1. The molecule has 0 radical (unpaired) electrons. The minimum Gasteiger partial charge on any atom is -0.487 e. The molecule has 11 heteroatoms. The molecular weight excluding hydrogens is 446 g/mol. The number of rotatable bonds is 9. The van der Waals surface area contributed by atoms with Gasteiger partial charge in [-0.3, -0.25) is 4.68 Å². The van der Waals surface area contributed by atoms with Crippen LogP contribution < -0.4 is 10.1 Å². The zero-order chi connectivity index (χ0) is 25.0. The van der Waals surface area contributed by atoms with Gasteiger partial charge in [-0.2, -0.15) is 15.5 Å². The monoisotopic (exact) mass is 473 g/mol. The topological polar surface area (TPSA) is 140 Å². The molecule has 0 aliphatic rings. The Kier molecular flexibility index (Phi) is 6.75. The molecule has 4 aromatic rings. The Bertz CT molecular complexity index is 1320. The van der Waals surface area contributed by atoms with Crippen molar-refractivity contribution in [3.8, 4) is 22.9 Å². The van der Waals surface area contributed by atoms with Gasteiger partial charge in [0.15, 0.2) is 0 Å². The molecule has 0 spiro atoms. The number of aliphatic hydroxyl groups is 1. The maximum absolute atomic E-state index is 10.1. The largest absolute Gasteiger partial charge is 0.487 e. The van der Waals surface area contributed by atoms with E-state index < -0.39 is 5.60 Å². The van der Waals surface area contributed by atoms with E-state index in [1.807, 2.05) is 26.0 Å². The normalized spacial score (nSPS) is 12.2. The number of benzene rings is 1. The van der Waals surface area contributed by atoms with Crippen LogP contribution in [-0.2, 0) is 13.1 Å². The molecule has 0 bridgehead atoms. The van der Waals surface area contributed by atoms with Gasteiger partial charge in [-0.15, -0.1) is 0 Å². The van der Waals surface area contributed by atoms with Crippen molar-refractivity contribution < 1.29 is 9.84 Å². The van der Waals surface area contributed by atoms with Gasteiger partial charge < -0.3 is 15.2 Å². The third-order valence-electron chi connectivity index (χ3n) is 5.21. The molecule has 0 aliphatic heterocycles. The van der Waals surface area contributed by atoms with Crippen LogP contribution in [0.4, 0.5) is 11.6 Å². The van der Waals surface area contributed by atoms with Crippen LogP contribution in [0.15, 0.2) is 49.4 Å². The molecule has 4 rings (SSSR count). The highest BCUT2D eigenvalue weighted by atomic mass is 16.5. The van der Waals surface area contributed by atoms with E-state index in [1.54, 1.807) is 54.2 Å². The lowest BCUT2D eigenvalue weighted by Gasteiger charge is -2.18. The second-order valence-electron chi connectivity index (χ2n) is 8.90. The second kappa shape index (κ2) is 9.90. The number of aromatic nitrogens is 7. The van der Waals surface area contributed by atoms with E-state index >= 15 is 0 Å². The SMILES string of the molecule is Cc1c(Nc2ncc(-c3ccc(C#N)c(O[C@@H](C)Cn4cncn4)c3)cn2)cnn1CC(C)(C)O. The number of ether oxygens (including phenoxy) is 1. The van der Waals surface area contributed by atoms with Gasteiger partial charge in [0, 0.05) is 18.0 Å². The van der Waals surface area contributed by atoms with Crippen LogP contribution >= 0.6 is 0 Å². The fraction of sp³-hybridized carbons (Fsp3) is 0.333. The Hall–Kier alpha value is -4.30. The standard InChI is InChI=1S/C24H27N9O2/c1-16(12-32-15-26-14-30-32)35-22-7-18(5-6-19(22)8-25)20-9-27-23(28-10-20)31-21-11-29-33(17(21)2)13-24(3,4)34/h5-7,9-11,14-16,34H,12-13H2,1-4H3,(H,27,28,31)/t16-/m0/s1. The predicted molar refractivity (Wildman–Crippen MR) is 129 cm³/mol. The highest BCUT2D eigenvalue weighted by Crippen LogP contribution is 2.28. The first-order valence-corrected chi connectivity index (χ1v) is 11.1. The van der Waals surface area contributed by atoms with E-state index in [0.29, 0.717) is 30.4 Å². The molecule has 0 unspecified atom stereocenters. The van der Waals surface area contributed by atoms with Gasteiger partial charge in [0.1, 0.15) is 30.6 Å². The third-order valence-corrected chi connectivity index (χ3v) is 5.21. The summed E-state index contributed by atoms with van der Waals surface area (Å²) in [5.41, 5.74) is 2.81. The lowest BCUT2D eigenvalue weighted by Crippen LogP contribution is -2.27. The number of nitrogens with one attached hydrogen (secondary N) is 1. The number of anilines is 2. The van der Waals surface area contributed by atoms with E-state index in [0.717, 1.165) is 22.5 Å². The quantitative estimate of drug-likeness (QED) is 0.375. The van der Waals surface area contributed by atoms with Gasteiger partial charge in [-0.25, -0.2) is 19.6 Å². The summed E-state index contributed by atoms with van der Waals surface area (Å²) >= 11 is 0. The summed E-state index contributed by atoms with van der Waals surface area (Å²) in [6.45, 7) is 8.17. The summed E-state index contributed by atoms with van der Waals surface area (Å²) in [6.07, 6.45) is 7.96. The van der Waals surface area contributed by atoms with Crippen molar-refractivity contribution in [3.63, 3.8) is 0 Å². The molecule has 180 valence electrons. The summed E-state index contributed by atoms with van der Waals surface area (Å²) in [5, 5.41) is 31.1. The molecule has 0 amide bonds. The molecule has 11 nitrogen and oxygen atoms in total. The molecule has 0 aliphatic carbocycles. The maximum Gasteiger partial charge on any atom is 0.227 e. The molecule has 1 aromatic carbocycles. The van der Waals surface area contributed by atoms with E-state index in [1.165, 1.54) is 6.33 Å².